The summed E-state index contributed by atoms with van der Waals surface area (Å²) in [4.78, 5) is 23.8. The van der Waals surface area contributed by atoms with Crippen LogP contribution in [0.5, 0.6) is 0 Å². The van der Waals surface area contributed by atoms with Crippen molar-refractivity contribution in [3.8, 4) is 0 Å². The second kappa shape index (κ2) is 12.0. The van der Waals surface area contributed by atoms with Gasteiger partial charge in [-0.05, 0) is 58.4 Å². The highest BCUT2D eigenvalue weighted by atomic mass is 127. The van der Waals surface area contributed by atoms with Crippen LogP contribution in [0, 0.1) is 5.92 Å². The van der Waals surface area contributed by atoms with Gasteiger partial charge in [-0.1, -0.05) is 47.2 Å². The fourth-order valence-electron chi connectivity index (χ4n) is 3.36. The average molecular weight is 490 g/mol. The molecule has 5 heteroatoms. The summed E-state index contributed by atoms with van der Waals surface area (Å²) >= 11 is 2.33. The minimum atomic E-state index is -0.505. The number of hydrogen-bond donors (Lipinski definition) is 0. The van der Waals surface area contributed by atoms with Crippen molar-refractivity contribution in [2.75, 3.05) is 11.0 Å². The minimum absolute atomic E-state index is 0.0385. The Morgan fingerprint density at radius 2 is 2.07 bits per heavy atom. The lowest BCUT2D eigenvalue weighted by Crippen LogP contribution is -2.43. The Kier molecular flexibility index (Phi) is 10.8. The van der Waals surface area contributed by atoms with E-state index >= 15 is 0 Å². The highest BCUT2D eigenvalue weighted by Gasteiger charge is 2.39. The quantitative estimate of drug-likeness (QED) is 0.183. The summed E-state index contributed by atoms with van der Waals surface area (Å²) in [7, 11) is 0. The van der Waals surface area contributed by atoms with E-state index in [9.17, 15) is 9.59 Å². The Bertz CT molecular complexity index is 563. The molecule has 0 spiro atoms. The third-order valence-electron chi connectivity index (χ3n) is 5.24. The molecule has 3 atom stereocenters. The van der Waals surface area contributed by atoms with Gasteiger partial charge in [0.05, 0.1) is 6.61 Å². The monoisotopic (exact) mass is 490 g/mol. The van der Waals surface area contributed by atoms with Crippen LogP contribution in [-0.2, 0) is 19.1 Å². The summed E-state index contributed by atoms with van der Waals surface area (Å²) < 4.78 is 12.8. The molecule has 1 rings (SSSR count). The smallest absolute Gasteiger partial charge is 0.303 e. The normalized spacial score (nSPS) is 25.6. The zero-order valence-electron chi connectivity index (χ0n) is 17.5. The number of Topliss-reactive ketones (excluding diaryl/α,β-unsaturated/α-hetero) is 1. The largest absolute Gasteiger partial charge is 0.459 e. The second-order valence-corrected chi connectivity index (χ2v) is 8.88. The van der Waals surface area contributed by atoms with Crippen molar-refractivity contribution in [2.45, 2.75) is 84.8 Å². The first-order chi connectivity index (χ1) is 12.7. The summed E-state index contributed by atoms with van der Waals surface area (Å²) in [5, 5.41) is 0. The summed E-state index contributed by atoms with van der Waals surface area (Å²) in [6.45, 7) is 10.1. The third kappa shape index (κ3) is 8.90. The van der Waals surface area contributed by atoms with Crippen molar-refractivity contribution < 1.29 is 19.1 Å². The first-order valence-corrected chi connectivity index (χ1v) is 11.4. The number of carbonyl (C=O) groups is 2. The zero-order valence-corrected chi connectivity index (χ0v) is 19.6. The van der Waals surface area contributed by atoms with E-state index in [1.54, 1.807) is 0 Å². The fraction of sp³-hybridized carbons (Fsp3) is 0.727. The molecule has 0 aliphatic carbocycles. The molecule has 0 N–H and O–H groups in total. The van der Waals surface area contributed by atoms with E-state index in [1.165, 1.54) is 18.1 Å². The predicted octanol–water partition coefficient (Wildman–Crippen LogP) is 5.58. The van der Waals surface area contributed by atoms with Crippen LogP contribution >= 0.6 is 22.6 Å². The van der Waals surface area contributed by atoms with Gasteiger partial charge in [0.2, 0.25) is 0 Å². The SMILES string of the molecule is CC(=O)O[C@@H]1CC/C(=C\CI)COC1(C)CCCC(C)C(=O)CC=C(C)C. The lowest BCUT2D eigenvalue weighted by Gasteiger charge is -2.35. The molecule has 0 bridgehead atoms. The molecule has 0 aromatic heterocycles. The van der Waals surface area contributed by atoms with Gasteiger partial charge in [-0.15, -0.1) is 0 Å². The minimum Gasteiger partial charge on any atom is -0.459 e. The van der Waals surface area contributed by atoms with Crippen LogP contribution in [0.3, 0.4) is 0 Å². The molecule has 27 heavy (non-hydrogen) atoms. The number of ether oxygens (including phenoxy) is 2. The number of halogens is 1. The molecule has 0 radical (unpaired) electrons. The van der Waals surface area contributed by atoms with Crippen molar-refractivity contribution in [2.24, 2.45) is 5.92 Å². The number of carbonyl (C=O) groups excluding carboxylic acids is 2. The van der Waals surface area contributed by atoms with Crippen molar-refractivity contribution in [1.29, 1.82) is 0 Å². The van der Waals surface area contributed by atoms with E-state index in [0.717, 1.165) is 36.5 Å². The van der Waals surface area contributed by atoms with Gasteiger partial charge in [0.15, 0.2) is 0 Å². The summed E-state index contributed by atoms with van der Waals surface area (Å²) in [6, 6.07) is 0. The van der Waals surface area contributed by atoms with Crippen molar-refractivity contribution >= 4 is 34.3 Å². The molecular weight excluding hydrogens is 455 g/mol. The van der Waals surface area contributed by atoms with E-state index < -0.39 is 5.60 Å². The predicted molar refractivity (Wildman–Crippen MR) is 118 cm³/mol. The molecule has 1 saturated heterocycles. The maximum absolute atomic E-state index is 12.2. The molecule has 4 nitrogen and oxygen atoms in total. The zero-order chi connectivity index (χ0) is 20.4. The maximum Gasteiger partial charge on any atom is 0.303 e. The lowest BCUT2D eigenvalue weighted by atomic mass is 9.87. The van der Waals surface area contributed by atoms with Crippen LogP contribution in [0.25, 0.3) is 0 Å². The van der Waals surface area contributed by atoms with Gasteiger partial charge in [-0.25, -0.2) is 0 Å². The van der Waals surface area contributed by atoms with Crippen LogP contribution in [-0.4, -0.2) is 34.5 Å². The van der Waals surface area contributed by atoms with Gasteiger partial charge in [-0.3, -0.25) is 9.59 Å². The van der Waals surface area contributed by atoms with Crippen LogP contribution in [0.2, 0.25) is 0 Å². The molecule has 154 valence electrons. The highest BCUT2D eigenvalue weighted by molar-refractivity contribution is 14.1. The van der Waals surface area contributed by atoms with Crippen LogP contribution < -0.4 is 0 Å². The topological polar surface area (TPSA) is 52.6 Å². The van der Waals surface area contributed by atoms with E-state index in [2.05, 4.69) is 28.7 Å². The number of alkyl halides is 1. The molecule has 2 unspecified atom stereocenters. The first-order valence-electron chi connectivity index (χ1n) is 9.89. The highest BCUT2D eigenvalue weighted by Crippen LogP contribution is 2.34. The first kappa shape index (κ1) is 24.3. The molecule has 1 aliphatic heterocycles. The summed E-state index contributed by atoms with van der Waals surface area (Å²) in [5.74, 6) is 0.0602. The van der Waals surface area contributed by atoms with Crippen molar-refractivity contribution in [3.05, 3.63) is 23.3 Å². The van der Waals surface area contributed by atoms with E-state index in [4.69, 9.17) is 9.47 Å². The number of allylic oxidation sites excluding steroid dienone is 3. The Morgan fingerprint density at radius 3 is 2.67 bits per heavy atom. The second-order valence-electron chi connectivity index (χ2n) is 8.00. The van der Waals surface area contributed by atoms with Crippen LogP contribution in [0.1, 0.15) is 73.1 Å². The Labute approximate surface area is 178 Å². The molecule has 0 saturated carbocycles. The Morgan fingerprint density at radius 1 is 1.37 bits per heavy atom. The van der Waals surface area contributed by atoms with Crippen molar-refractivity contribution in [1.82, 2.24) is 0 Å². The number of rotatable bonds is 9. The summed E-state index contributed by atoms with van der Waals surface area (Å²) in [5.41, 5.74) is 1.94. The summed E-state index contributed by atoms with van der Waals surface area (Å²) in [6.07, 6.45) is 8.63. The van der Waals surface area contributed by atoms with Gasteiger partial charge in [0, 0.05) is 23.7 Å². The lowest BCUT2D eigenvalue weighted by molar-refractivity contribution is -0.167. The molecule has 1 heterocycles. The molecular formula is C22H35IO4. The molecule has 0 aromatic carbocycles. The van der Waals surface area contributed by atoms with E-state index in [-0.39, 0.29) is 23.8 Å². The van der Waals surface area contributed by atoms with Gasteiger partial charge < -0.3 is 9.47 Å². The van der Waals surface area contributed by atoms with Crippen LogP contribution in [0.15, 0.2) is 23.3 Å². The molecule has 0 aromatic rings. The Balaban J connectivity index is 2.68. The number of hydrogen-bond acceptors (Lipinski definition) is 4. The number of esters is 1. The average Bonchev–Trinajstić information content (AvgIpc) is 2.73. The molecule has 1 fully saturated rings. The van der Waals surface area contributed by atoms with E-state index in [1.807, 2.05) is 33.8 Å². The van der Waals surface area contributed by atoms with Gasteiger partial charge in [-0.2, -0.15) is 0 Å². The molecule has 0 amide bonds. The molecule has 1 aliphatic rings. The van der Waals surface area contributed by atoms with Crippen LogP contribution in [0.4, 0.5) is 0 Å². The standard InChI is InChI=1S/C22H35IO4/c1-16(2)8-10-20(25)17(3)7-6-13-22(5)21(27-18(4)24)11-9-19(12-14-23)15-26-22/h8,12,17,21H,6-7,9-11,13-15H2,1-5H3/b19-12+/t17?,21-,22?/m1/s1. The number of ketones is 1. The maximum atomic E-state index is 12.2. The fourth-order valence-corrected chi connectivity index (χ4v) is 3.98. The van der Waals surface area contributed by atoms with Gasteiger partial charge in [0.1, 0.15) is 17.5 Å². The van der Waals surface area contributed by atoms with Crippen molar-refractivity contribution in [3.63, 3.8) is 0 Å². The van der Waals surface area contributed by atoms with Gasteiger partial charge >= 0.3 is 5.97 Å². The van der Waals surface area contributed by atoms with E-state index in [0.29, 0.717) is 13.0 Å². The Hall–Kier alpha value is -0.690. The third-order valence-corrected chi connectivity index (χ3v) is 5.68. The van der Waals surface area contributed by atoms with Gasteiger partial charge in [0.25, 0.3) is 0 Å².